The molecule has 2 amide bonds. The first-order valence-corrected chi connectivity index (χ1v) is 10.7. The Hall–Kier alpha value is -1.84. The lowest BCUT2D eigenvalue weighted by Crippen LogP contribution is -2.55. The number of piperazine rings is 1. The van der Waals surface area contributed by atoms with Gasteiger partial charge in [-0.1, -0.05) is 0 Å². The molecular weight excluding hydrogens is 370 g/mol. The van der Waals surface area contributed by atoms with Crippen LogP contribution in [0.2, 0.25) is 0 Å². The van der Waals surface area contributed by atoms with Gasteiger partial charge in [0.25, 0.3) is 0 Å². The molecule has 1 N–H and O–H groups in total. The van der Waals surface area contributed by atoms with Crippen molar-refractivity contribution in [1.29, 1.82) is 0 Å². The van der Waals surface area contributed by atoms with Crippen molar-refractivity contribution in [3.8, 4) is 5.75 Å². The number of nitrogens with zero attached hydrogens (tertiary/aromatic N) is 2. The van der Waals surface area contributed by atoms with Crippen LogP contribution in [0, 0.1) is 0 Å². The van der Waals surface area contributed by atoms with E-state index in [-0.39, 0.29) is 36.2 Å². The molecule has 8 nitrogen and oxygen atoms in total. The van der Waals surface area contributed by atoms with Crippen molar-refractivity contribution in [3.05, 3.63) is 24.3 Å². The first kappa shape index (κ1) is 19.9. The number of carbonyl (C=O) groups excluding carboxylic acids is 1. The molecule has 0 aromatic heterocycles. The van der Waals surface area contributed by atoms with Gasteiger partial charge in [-0.2, -0.15) is 4.31 Å². The molecule has 0 aliphatic carbocycles. The predicted octanol–water partition coefficient (Wildman–Crippen LogP) is 1.28. The van der Waals surface area contributed by atoms with Crippen molar-refractivity contribution >= 4 is 16.1 Å². The van der Waals surface area contributed by atoms with Gasteiger partial charge < -0.3 is 19.7 Å². The summed E-state index contributed by atoms with van der Waals surface area (Å²) < 4.78 is 37.6. The van der Waals surface area contributed by atoms with Crippen LogP contribution in [-0.4, -0.2) is 75.7 Å². The normalized spacial score (nSPS) is 22.4. The Morgan fingerprint density at radius 2 is 1.89 bits per heavy atom. The summed E-state index contributed by atoms with van der Waals surface area (Å²) in [4.78, 5) is 14.3. The van der Waals surface area contributed by atoms with Gasteiger partial charge in [0.1, 0.15) is 5.75 Å². The lowest BCUT2D eigenvalue weighted by atomic mass is 10.1. The van der Waals surface area contributed by atoms with E-state index in [9.17, 15) is 13.2 Å². The quantitative estimate of drug-likeness (QED) is 0.809. The van der Waals surface area contributed by atoms with Gasteiger partial charge in [-0.15, -0.1) is 0 Å². The van der Waals surface area contributed by atoms with E-state index >= 15 is 0 Å². The Morgan fingerprint density at radius 1 is 1.22 bits per heavy atom. The van der Waals surface area contributed by atoms with E-state index < -0.39 is 10.0 Å². The van der Waals surface area contributed by atoms with Crippen LogP contribution in [0.1, 0.15) is 19.8 Å². The molecule has 2 heterocycles. The second kappa shape index (κ2) is 8.45. The highest BCUT2D eigenvalue weighted by atomic mass is 32.2. The van der Waals surface area contributed by atoms with Gasteiger partial charge >= 0.3 is 6.03 Å². The van der Waals surface area contributed by atoms with E-state index in [2.05, 4.69) is 5.32 Å². The van der Waals surface area contributed by atoms with Gasteiger partial charge in [0, 0.05) is 32.8 Å². The maximum atomic E-state index is 12.8. The highest BCUT2D eigenvalue weighted by Gasteiger charge is 2.31. The predicted molar refractivity (Wildman–Crippen MR) is 100 cm³/mol. The number of hydrogen-bond donors (Lipinski definition) is 1. The van der Waals surface area contributed by atoms with Gasteiger partial charge in [-0.25, -0.2) is 13.2 Å². The fourth-order valence-electron chi connectivity index (χ4n) is 3.40. The third kappa shape index (κ3) is 4.53. The van der Waals surface area contributed by atoms with E-state index in [4.69, 9.17) is 9.47 Å². The molecule has 2 aliphatic heterocycles. The van der Waals surface area contributed by atoms with Crippen molar-refractivity contribution in [2.45, 2.75) is 36.8 Å². The summed E-state index contributed by atoms with van der Waals surface area (Å²) >= 11 is 0. The minimum atomic E-state index is -3.57. The van der Waals surface area contributed by atoms with E-state index in [0.717, 1.165) is 19.4 Å². The zero-order chi connectivity index (χ0) is 19.4. The number of hydrogen-bond acceptors (Lipinski definition) is 5. The molecule has 0 radical (unpaired) electrons. The number of nitrogens with one attached hydrogen (secondary N) is 1. The Morgan fingerprint density at radius 3 is 2.44 bits per heavy atom. The molecule has 3 rings (SSSR count). The Balaban J connectivity index is 1.54. The highest BCUT2D eigenvalue weighted by molar-refractivity contribution is 7.89. The minimum Gasteiger partial charge on any atom is -0.497 e. The van der Waals surface area contributed by atoms with E-state index in [0.29, 0.717) is 18.8 Å². The number of amides is 2. The molecule has 0 saturated carbocycles. The molecule has 1 aromatic carbocycles. The van der Waals surface area contributed by atoms with Crippen LogP contribution in [-0.2, 0) is 14.8 Å². The SMILES string of the molecule is COc1ccc(S(=O)(=O)N2CCN(C(=O)N[C@H](C)[C@H]3CCCO3)CC2)cc1. The first-order chi connectivity index (χ1) is 12.9. The van der Waals surface area contributed by atoms with Crippen molar-refractivity contribution in [2.75, 3.05) is 39.9 Å². The lowest BCUT2D eigenvalue weighted by Gasteiger charge is -2.35. The summed E-state index contributed by atoms with van der Waals surface area (Å²) in [5.41, 5.74) is 0. The topological polar surface area (TPSA) is 88.2 Å². The standard InChI is InChI=1S/C18H27N3O5S/c1-14(17-4-3-13-26-17)19-18(22)20-9-11-21(12-10-20)27(23,24)16-7-5-15(25-2)6-8-16/h5-8,14,17H,3-4,9-13H2,1-2H3,(H,19,22)/t14-,17-/m1/s1. The van der Waals surface area contributed by atoms with Crippen molar-refractivity contribution in [2.24, 2.45) is 0 Å². The van der Waals surface area contributed by atoms with Crippen molar-refractivity contribution in [1.82, 2.24) is 14.5 Å². The molecule has 9 heteroatoms. The summed E-state index contributed by atoms with van der Waals surface area (Å²) in [7, 11) is -2.04. The molecule has 0 bridgehead atoms. The van der Waals surface area contributed by atoms with Gasteiger partial charge in [-0.3, -0.25) is 0 Å². The van der Waals surface area contributed by atoms with E-state index in [1.807, 2.05) is 6.92 Å². The number of carbonyl (C=O) groups is 1. The zero-order valence-electron chi connectivity index (χ0n) is 15.8. The fourth-order valence-corrected chi connectivity index (χ4v) is 4.83. The van der Waals surface area contributed by atoms with Crippen LogP contribution in [0.5, 0.6) is 5.75 Å². The van der Waals surface area contributed by atoms with Crippen LogP contribution in [0.4, 0.5) is 4.79 Å². The zero-order valence-corrected chi connectivity index (χ0v) is 16.6. The number of sulfonamides is 1. The summed E-state index contributed by atoms with van der Waals surface area (Å²) in [6, 6.07) is 6.11. The molecule has 2 aliphatic rings. The number of ether oxygens (including phenoxy) is 2. The average Bonchev–Trinajstić information content (AvgIpc) is 3.23. The number of benzene rings is 1. The minimum absolute atomic E-state index is 0.0546. The molecule has 2 fully saturated rings. The summed E-state index contributed by atoms with van der Waals surface area (Å²) in [6.07, 6.45) is 2.04. The molecule has 27 heavy (non-hydrogen) atoms. The molecule has 1 aromatic rings. The van der Waals surface area contributed by atoms with E-state index in [1.54, 1.807) is 17.0 Å². The highest BCUT2D eigenvalue weighted by Crippen LogP contribution is 2.21. The molecule has 2 saturated heterocycles. The van der Waals surface area contributed by atoms with Gasteiger partial charge in [0.05, 0.1) is 24.2 Å². The maximum absolute atomic E-state index is 12.8. The Kier molecular flexibility index (Phi) is 6.23. The van der Waals surface area contributed by atoms with Gasteiger partial charge in [0.15, 0.2) is 0 Å². The fraction of sp³-hybridized carbons (Fsp3) is 0.611. The molecule has 2 atom stereocenters. The Bertz CT molecular complexity index is 739. The van der Waals surface area contributed by atoms with Crippen LogP contribution in [0.15, 0.2) is 29.2 Å². The van der Waals surface area contributed by atoms with Crippen molar-refractivity contribution in [3.63, 3.8) is 0 Å². The van der Waals surface area contributed by atoms with Gasteiger partial charge in [0.2, 0.25) is 10.0 Å². The number of methoxy groups -OCH3 is 1. The first-order valence-electron chi connectivity index (χ1n) is 9.23. The molecule has 150 valence electrons. The smallest absolute Gasteiger partial charge is 0.317 e. The number of urea groups is 1. The maximum Gasteiger partial charge on any atom is 0.317 e. The van der Waals surface area contributed by atoms with Crippen LogP contribution >= 0.6 is 0 Å². The summed E-state index contributed by atoms with van der Waals surface area (Å²) in [5, 5.41) is 2.97. The second-order valence-corrected chi connectivity index (χ2v) is 8.79. The van der Waals surface area contributed by atoms with Crippen LogP contribution in [0.3, 0.4) is 0 Å². The van der Waals surface area contributed by atoms with Gasteiger partial charge in [-0.05, 0) is 44.0 Å². The second-order valence-electron chi connectivity index (χ2n) is 6.86. The van der Waals surface area contributed by atoms with Crippen LogP contribution < -0.4 is 10.1 Å². The molecule has 0 spiro atoms. The molecular formula is C18H27N3O5S. The largest absolute Gasteiger partial charge is 0.497 e. The third-order valence-electron chi connectivity index (χ3n) is 5.10. The van der Waals surface area contributed by atoms with E-state index in [1.165, 1.54) is 23.5 Å². The Labute approximate surface area is 160 Å². The number of rotatable bonds is 5. The van der Waals surface area contributed by atoms with Crippen LogP contribution in [0.25, 0.3) is 0 Å². The average molecular weight is 397 g/mol. The lowest BCUT2D eigenvalue weighted by molar-refractivity contribution is 0.0821. The molecule has 0 unspecified atom stereocenters. The third-order valence-corrected chi connectivity index (χ3v) is 7.01. The summed E-state index contributed by atoms with van der Waals surface area (Å²) in [6.45, 7) is 3.95. The van der Waals surface area contributed by atoms with Crippen molar-refractivity contribution < 1.29 is 22.7 Å². The monoisotopic (exact) mass is 397 g/mol. The summed E-state index contributed by atoms with van der Waals surface area (Å²) in [5.74, 6) is 0.607.